The van der Waals surface area contributed by atoms with Gasteiger partial charge in [0.1, 0.15) is 0 Å². The highest BCUT2D eigenvalue weighted by Crippen LogP contribution is 2.21. The van der Waals surface area contributed by atoms with Crippen LogP contribution in [0.15, 0.2) is 78.0 Å². The van der Waals surface area contributed by atoms with Gasteiger partial charge in [-0.3, -0.25) is 14.1 Å². The zero-order valence-electron chi connectivity index (χ0n) is 16.7. The lowest BCUT2D eigenvalue weighted by molar-refractivity contribution is 0.0955. The van der Waals surface area contributed by atoms with Crippen LogP contribution < -0.4 is 9.73 Å². The molecule has 2 aromatic carbocycles. The Kier molecular flexibility index (Phi) is 6.58. The van der Waals surface area contributed by atoms with Gasteiger partial charge in [0.25, 0.3) is 5.91 Å². The van der Waals surface area contributed by atoms with Crippen molar-refractivity contribution in [1.29, 1.82) is 0 Å². The van der Waals surface area contributed by atoms with Crippen LogP contribution in [0, 0.1) is 6.92 Å². The molecule has 0 radical (unpaired) electrons. The molecule has 0 aliphatic carbocycles. The number of hydrazone groups is 1. The Labute approximate surface area is 176 Å². The number of hydrogen-bond acceptors (Lipinski definition) is 5. The molecule has 1 amide bonds. The maximum atomic E-state index is 12.3. The van der Waals surface area contributed by atoms with Crippen molar-refractivity contribution in [3.8, 4) is 0 Å². The second-order valence-electron chi connectivity index (χ2n) is 6.76. The van der Waals surface area contributed by atoms with E-state index in [9.17, 15) is 13.2 Å². The second-order valence-corrected chi connectivity index (χ2v) is 8.66. The molecule has 0 fully saturated rings. The molecule has 0 saturated heterocycles. The number of sulfonamides is 1. The lowest BCUT2D eigenvalue weighted by Gasteiger charge is -2.22. The molecule has 8 heteroatoms. The third kappa shape index (κ3) is 5.74. The molecule has 0 saturated carbocycles. The molecule has 1 aromatic heterocycles. The van der Waals surface area contributed by atoms with Crippen LogP contribution in [0.4, 0.5) is 5.69 Å². The molecule has 0 bridgehead atoms. The summed E-state index contributed by atoms with van der Waals surface area (Å²) in [4.78, 5) is 16.3. The number of benzene rings is 2. The van der Waals surface area contributed by atoms with E-state index >= 15 is 0 Å². The van der Waals surface area contributed by atoms with E-state index in [0.29, 0.717) is 16.9 Å². The number of carbonyl (C=O) groups is 1. The normalized spacial score (nSPS) is 11.4. The van der Waals surface area contributed by atoms with Crippen molar-refractivity contribution < 1.29 is 13.2 Å². The number of hydrogen-bond donors (Lipinski definition) is 1. The van der Waals surface area contributed by atoms with Gasteiger partial charge in [0.05, 0.1) is 30.4 Å². The largest absolute Gasteiger partial charge is 0.271 e. The van der Waals surface area contributed by atoms with Gasteiger partial charge in [-0.05, 0) is 48.9 Å². The Bertz CT molecular complexity index is 1130. The van der Waals surface area contributed by atoms with E-state index in [1.165, 1.54) is 10.5 Å². The van der Waals surface area contributed by atoms with E-state index in [2.05, 4.69) is 15.5 Å². The molecular formula is C22H22N4O3S. The summed E-state index contributed by atoms with van der Waals surface area (Å²) in [6.45, 7) is 2.18. The zero-order valence-corrected chi connectivity index (χ0v) is 17.5. The topological polar surface area (TPSA) is 91.7 Å². The fourth-order valence-electron chi connectivity index (χ4n) is 2.71. The fraction of sp³-hybridized carbons (Fsp3) is 0.136. The summed E-state index contributed by atoms with van der Waals surface area (Å²) in [7, 11) is -3.50. The van der Waals surface area contributed by atoms with Gasteiger partial charge in [0.15, 0.2) is 0 Å². The van der Waals surface area contributed by atoms with Gasteiger partial charge in [0, 0.05) is 11.8 Å². The van der Waals surface area contributed by atoms with Crippen molar-refractivity contribution in [3.05, 3.63) is 95.3 Å². The standard InChI is InChI=1S/C22H22N4O3S/c1-17-6-8-18(9-7-17)16-26(30(2,28)29)21-12-10-19(11-13-21)22(27)25-24-15-20-5-3-4-14-23-20/h3-15H,16H2,1-2H3,(H,25,27)/b24-15-. The lowest BCUT2D eigenvalue weighted by atomic mass is 10.1. The Morgan fingerprint density at radius 3 is 2.37 bits per heavy atom. The second kappa shape index (κ2) is 9.32. The summed E-state index contributed by atoms with van der Waals surface area (Å²) in [5.41, 5.74) is 5.86. The third-order valence-electron chi connectivity index (χ3n) is 4.32. The summed E-state index contributed by atoms with van der Waals surface area (Å²) in [6, 6.07) is 19.4. The van der Waals surface area contributed by atoms with E-state index < -0.39 is 15.9 Å². The smallest absolute Gasteiger partial charge is 0.267 e. The summed E-state index contributed by atoms with van der Waals surface area (Å²) in [5.74, 6) is -0.404. The van der Waals surface area contributed by atoms with E-state index in [0.717, 1.165) is 17.4 Å². The molecule has 0 spiro atoms. The van der Waals surface area contributed by atoms with Gasteiger partial charge < -0.3 is 0 Å². The first-order chi connectivity index (χ1) is 14.3. The molecule has 1 heterocycles. The minimum Gasteiger partial charge on any atom is -0.267 e. The van der Waals surface area contributed by atoms with Crippen LogP contribution in [-0.4, -0.2) is 31.8 Å². The van der Waals surface area contributed by atoms with E-state index in [1.54, 1.807) is 42.6 Å². The van der Waals surface area contributed by atoms with Crippen molar-refractivity contribution >= 4 is 27.8 Å². The SMILES string of the molecule is Cc1ccc(CN(c2ccc(C(=O)N/N=C\c3ccccn3)cc2)S(C)(=O)=O)cc1. The van der Waals surface area contributed by atoms with Crippen molar-refractivity contribution in [2.45, 2.75) is 13.5 Å². The van der Waals surface area contributed by atoms with Gasteiger partial charge in [-0.25, -0.2) is 13.8 Å². The van der Waals surface area contributed by atoms with Gasteiger partial charge in [-0.2, -0.15) is 5.10 Å². The first-order valence-corrected chi connectivity index (χ1v) is 11.1. The average Bonchev–Trinajstić information content (AvgIpc) is 2.73. The number of anilines is 1. The Morgan fingerprint density at radius 1 is 1.07 bits per heavy atom. The third-order valence-corrected chi connectivity index (χ3v) is 5.46. The highest BCUT2D eigenvalue weighted by Gasteiger charge is 2.18. The van der Waals surface area contributed by atoms with Crippen molar-refractivity contribution in [3.63, 3.8) is 0 Å². The Balaban J connectivity index is 1.72. The highest BCUT2D eigenvalue weighted by molar-refractivity contribution is 7.92. The maximum absolute atomic E-state index is 12.3. The Morgan fingerprint density at radius 2 is 1.77 bits per heavy atom. The molecule has 154 valence electrons. The molecule has 0 unspecified atom stereocenters. The van der Waals surface area contributed by atoms with Crippen LogP contribution in [0.1, 0.15) is 27.2 Å². The number of aryl methyl sites for hydroxylation is 1. The number of nitrogens with zero attached hydrogens (tertiary/aromatic N) is 3. The lowest BCUT2D eigenvalue weighted by Crippen LogP contribution is -2.29. The van der Waals surface area contributed by atoms with Crippen LogP contribution in [0.2, 0.25) is 0 Å². The van der Waals surface area contributed by atoms with Crippen molar-refractivity contribution in [2.75, 3.05) is 10.6 Å². The van der Waals surface area contributed by atoms with Gasteiger partial charge in [-0.1, -0.05) is 35.9 Å². The molecule has 0 atom stereocenters. The summed E-state index contributed by atoms with van der Waals surface area (Å²) in [5, 5.41) is 3.88. The van der Waals surface area contributed by atoms with E-state index in [1.807, 2.05) is 37.3 Å². The quantitative estimate of drug-likeness (QED) is 0.468. The minimum atomic E-state index is -3.50. The number of rotatable bonds is 7. The number of pyridine rings is 1. The van der Waals surface area contributed by atoms with Gasteiger partial charge in [0.2, 0.25) is 10.0 Å². The summed E-state index contributed by atoms with van der Waals surface area (Å²) >= 11 is 0. The molecular weight excluding hydrogens is 400 g/mol. The molecule has 1 N–H and O–H groups in total. The fourth-order valence-corrected chi connectivity index (χ4v) is 3.60. The number of aromatic nitrogens is 1. The van der Waals surface area contributed by atoms with Crippen LogP contribution in [0.5, 0.6) is 0 Å². The molecule has 0 aliphatic rings. The van der Waals surface area contributed by atoms with Crippen molar-refractivity contribution in [2.24, 2.45) is 5.10 Å². The van der Waals surface area contributed by atoms with E-state index in [4.69, 9.17) is 0 Å². The molecule has 7 nitrogen and oxygen atoms in total. The van der Waals surface area contributed by atoms with Gasteiger partial charge >= 0.3 is 0 Å². The number of amides is 1. The van der Waals surface area contributed by atoms with Crippen molar-refractivity contribution in [1.82, 2.24) is 10.4 Å². The van der Waals surface area contributed by atoms with Gasteiger partial charge in [-0.15, -0.1) is 0 Å². The minimum absolute atomic E-state index is 0.207. The summed E-state index contributed by atoms with van der Waals surface area (Å²) in [6.07, 6.45) is 4.24. The predicted octanol–water partition coefficient (Wildman–Crippen LogP) is 3.12. The Hall–Kier alpha value is -3.52. The maximum Gasteiger partial charge on any atom is 0.271 e. The van der Waals surface area contributed by atoms with Crippen LogP contribution >= 0.6 is 0 Å². The monoisotopic (exact) mass is 422 g/mol. The first kappa shape index (κ1) is 21.2. The highest BCUT2D eigenvalue weighted by atomic mass is 32.2. The predicted molar refractivity (Wildman–Crippen MR) is 118 cm³/mol. The van der Waals surface area contributed by atoms with Crippen LogP contribution in [0.25, 0.3) is 0 Å². The summed E-state index contributed by atoms with van der Waals surface area (Å²) < 4.78 is 25.9. The molecule has 3 rings (SSSR count). The number of carbonyl (C=O) groups excluding carboxylic acids is 1. The number of nitrogens with one attached hydrogen (secondary N) is 1. The van der Waals surface area contributed by atoms with E-state index in [-0.39, 0.29) is 6.54 Å². The molecule has 3 aromatic rings. The van der Waals surface area contributed by atoms with Crippen LogP contribution in [-0.2, 0) is 16.6 Å². The first-order valence-electron chi connectivity index (χ1n) is 9.21. The molecule has 0 aliphatic heterocycles. The zero-order chi connectivity index (χ0) is 21.6. The average molecular weight is 423 g/mol. The van der Waals surface area contributed by atoms with Crippen LogP contribution in [0.3, 0.4) is 0 Å². The molecule has 30 heavy (non-hydrogen) atoms.